The predicted octanol–water partition coefficient (Wildman–Crippen LogP) is 4.11. The maximum atomic E-state index is 3.59. The molecule has 0 bridgehead atoms. The Balaban J connectivity index is 2.05. The minimum Gasteiger partial charge on any atom is -0.382 e. The van der Waals surface area contributed by atoms with E-state index in [0.717, 1.165) is 0 Å². The molecule has 1 nitrogen and oxygen atoms in total. The average Bonchev–Trinajstić information content (AvgIpc) is 2.64. The molecule has 1 saturated carbocycles. The van der Waals surface area contributed by atoms with Gasteiger partial charge in [0.2, 0.25) is 0 Å². The Morgan fingerprint density at radius 3 is 2.64 bits per heavy atom. The second-order valence-corrected chi connectivity index (χ2v) is 4.94. The molecule has 0 unspecified atom stereocenters. The molecular weight excluding hydrogens is 238 g/mol. The van der Waals surface area contributed by atoms with E-state index < -0.39 is 0 Å². The molecule has 0 spiro atoms. The second kappa shape index (κ2) is 4.35. The van der Waals surface area contributed by atoms with E-state index >= 15 is 0 Å². The molecule has 1 aliphatic rings. The molecule has 0 aliphatic heterocycles. The quantitative estimate of drug-likeness (QED) is 0.837. The van der Waals surface area contributed by atoms with E-state index in [0.29, 0.717) is 6.04 Å². The van der Waals surface area contributed by atoms with Crippen LogP contribution in [0.5, 0.6) is 0 Å². The van der Waals surface area contributed by atoms with E-state index in [1.54, 1.807) is 0 Å². The minimum absolute atomic E-state index is 0.704. The first kappa shape index (κ1) is 10.0. The summed E-state index contributed by atoms with van der Waals surface area (Å²) in [4.78, 5) is 0. The van der Waals surface area contributed by atoms with Crippen LogP contribution in [0.2, 0.25) is 0 Å². The summed E-state index contributed by atoms with van der Waals surface area (Å²) in [6, 6.07) is 7.18. The van der Waals surface area contributed by atoms with E-state index in [1.165, 1.54) is 41.4 Å². The van der Waals surface area contributed by atoms with Crippen LogP contribution in [0.25, 0.3) is 0 Å². The van der Waals surface area contributed by atoms with Gasteiger partial charge in [0.1, 0.15) is 0 Å². The standard InChI is InChI=1S/C12H16BrN/c1-9-8-11(6-7-12(9)13)14-10-4-2-3-5-10/h6-8,10,14H,2-5H2,1H3. The smallest absolute Gasteiger partial charge is 0.0345 e. The van der Waals surface area contributed by atoms with Crippen LogP contribution in [0.15, 0.2) is 22.7 Å². The van der Waals surface area contributed by atoms with E-state index in [2.05, 4.69) is 46.4 Å². The van der Waals surface area contributed by atoms with Crippen LogP contribution in [0, 0.1) is 6.92 Å². The third-order valence-corrected chi connectivity index (χ3v) is 3.77. The van der Waals surface area contributed by atoms with Gasteiger partial charge in [-0.15, -0.1) is 0 Å². The summed E-state index contributed by atoms with van der Waals surface area (Å²) in [6.45, 7) is 2.13. The Kier molecular flexibility index (Phi) is 3.12. The minimum atomic E-state index is 0.704. The first-order valence-electron chi connectivity index (χ1n) is 5.28. The molecule has 14 heavy (non-hydrogen) atoms. The number of rotatable bonds is 2. The highest BCUT2D eigenvalue weighted by atomic mass is 79.9. The summed E-state index contributed by atoms with van der Waals surface area (Å²) in [7, 11) is 0. The van der Waals surface area contributed by atoms with E-state index in [-0.39, 0.29) is 0 Å². The Morgan fingerprint density at radius 1 is 1.29 bits per heavy atom. The van der Waals surface area contributed by atoms with Crippen molar-refractivity contribution in [3.8, 4) is 0 Å². The zero-order chi connectivity index (χ0) is 9.97. The summed E-state index contributed by atoms with van der Waals surface area (Å²) in [5.74, 6) is 0. The summed E-state index contributed by atoms with van der Waals surface area (Å²) < 4.78 is 1.19. The highest BCUT2D eigenvalue weighted by molar-refractivity contribution is 9.10. The molecule has 0 saturated heterocycles. The number of halogens is 1. The molecule has 0 aromatic heterocycles. The molecule has 2 heteroatoms. The summed E-state index contributed by atoms with van der Waals surface area (Å²) in [6.07, 6.45) is 5.42. The first-order chi connectivity index (χ1) is 6.75. The van der Waals surface area contributed by atoms with Gasteiger partial charge in [-0.1, -0.05) is 28.8 Å². The molecule has 1 N–H and O–H groups in total. The molecular formula is C12H16BrN. The van der Waals surface area contributed by atoms with Crippen molar-refractivity contribution in [1.29, 1.82) is 0 Å². The third kappa shape index (κ3) is 2.30. The largest absolute Gasteiger partial charge is 0.382 e. The summed E-state index contributed by atoms with van der Waals surface area (Å²) in [5.41, 5.74) is 2.56. The van der Waals surface area contributed by atoms with Gasteiger partial charge < -0.3 is 5.32 Å². The Hall–Kier alpha value is -0.500. The van der Waals surface area contributed by atoms with E-state index in [4.69, 9.17) is 0 Å². The molecule has 1 aromatic carbocycles. The lowest BCUT2D eigenvalue weighted by molar-refractivity contribution is 0.755. The van der Waals surface area contributed by atoms with Crippen molar-refractivity contribution in [2.24, 2.45) is 0 Å². The van der Waals surface area contributed by atoms with E-state index in [9.17, 15) is 0 Å². The van der Waals surface area contributed by atoms with Crippen molar-refractivity contribution in [1.82, 2.24) is 0 Å². The van der Waals surface area contributed by atoms with Crippen LogP contribution in [-0.2, 0) is 0 Å². The van der Waals surface area contributed by atoms with Crippen molar-refractivity contribution in [2.75, 3.05) is 5.32 Å². The zero-order valence-electron chi connectivity index (χ0n) is 8.52. The van der Waals surface area contributed by atoms with Gasteiger partial charge in [-0.3, -0.25) is 0 Å². The van der Waals surface area contributed by atoms with Gasteiger partial charge in [-0.05, 0) is 43.5 Å². The Bertz CT molecular complexity index is 316. The maximum Gasteiger partial charge on any atom is 0.0345 e. The number of hydrogen-bond donors (Lipinski definition) is 1. The molecule has 76 valence electrons. The molecule has 1 aromatic rings. The average molecular weight is 254 g/mol. The SMILES string of the molecule is Cc1cc(NC2CCCC2)ccc1Br. The van der Waals surface area contributed by atoms with Crippen LogP contribution in [-0.4, -0.2) is 6.04 Å². The van der Waals surface area contributed by atoms with Gasteiger partial charge in [0.05, 0.1) is 0 Å². The fourth-order valence-corrected chi connectivity index (χ4v) is 2.29. The lowest BCUT2D eigenvalue weighted by atomic mass is 10.2. The molecule has 0 amide bonds. The van der Waals surface area contributed by atoms with Crippen LogP contribution >= 0.6 is 15.9 Å². The van der Waals surface area contributed by atoms with Crippen LogP contribution in [0.1, 0.15) is 31.2 Å². The number of hydrogen-bond acceptors (Lipinski definition) is 1. The molecule has 0 atom stereocenters. The lowest BCUT2D eigenvalue weighted by Gasteiger charge is -2.14. The highest BCUT2D eigenvalue weighted by Gasteiger charge is 2.14. The second-order valence-electron chi connectivity index (χ2n) is 4.09. The molecule has 0 heterocycles. The van der Waals surface area contributed by atoms with Crippen LogP contribution < -0.4 is 5.32 Å². The number of benzene rings is 1. The predicted molar refractivity (Wildman–Crippen MR) is 64.8 cm³/mol. The van der Waals surface area contributed by atoms with Crippen molar-refractivity contribution >= 4 is 21.6 Å². The summed E-state index contributed by atoms with van der Waals surface area (Å²) >= 11 is 3.51. The van der Waals surface area contributed by atoms with Crippen molar-refractivity contribution in [2.45, 2.75) is 38.6 Å². The maximum absolute atomic E-state index is 3.59. The molecule has 1 fully saturated rings. The summed E-state index contributed by atoms with van der Waals surface area (Å²) in [5, 5.41) is 3.59. The lowest BCUT2D eigenvalue weighted by Crippen LogP contribution is -2.14. The van der Waals surface area contributed by atoms with Gasteiger partial charge >= 0.3 is 0 Å². The van der Waals surface area contributed by atoms with Gasteiger partial charge in [0, 0.05) is 16.2 Å². The molecule has 1 aliphatic carbocycles. The third-order valence-electron chi connectivity index (χ3n) is 2.88. The number of aryl methyl sites for hydroxylation is 1. The van der Waals surface area contributed by atoms with Crippen molar-refractivity contribution < 1.29 is 0 Å². The fourth-order valence-electron chi connectivity index (χ4n) is 2.04. The van der Waals surface area contributed by atoms with Crippen molar-refractivity contribution in [3.05, 3.63) is 28.2 Å². The zero-order valence-corrected chi connectivity index (χ0v) is 10.1. The van der Waals surface area contributed by atoms with Crippen LogP contribution in [0.3, 0.4) is 0 Å². The highest BCUT2D eigenvalue weighted by Crippen LogP contribution is 2.25. The Morgan fingerprint density at radius 2 is 2.00 bits per heavy atom. The van der Waals surface area contributed by atoms with Gasteiger partial charge in [-0.2, -0.15) is 0 Å². The number of anilines is 1. The van der Waals surface area contributed by atoms with Gasteiger partial charge in [-0.25, -0.2) is 0 Å². The monoisotopic (exact) mass is 253 g/mol. The normalized spacial score (nSPS) is 17.3. The van der Waals surface area contributed by atoms with E-state index in [1.807, 2.05) is 0 Å². The van der Waals surface area contributed by atoms with Gasteiger partial charge in [0.15, 0.2) is 0 Å². The fraction of sp³-hybridized carbons (Fsp3) is 0.500. The first-order valence-corrected chi connectivity index (χ1v) is 6.08. The number of nitrogens with one attached hydrogen (secondary N) is 1. The molecule has 2 rings (SSSR count). The van der Waals surface area contributed by atoms with Crippen LogP contribution in [0.4, 0.5) is 5.69 Å². The molecule has 0 radical (unpaired) electrons. The Labute approximate surface area is 94.0 Å². The van der Waals surface area contributed by atoms with Crippen molar-refractivity contribution in [3.63, 3.8) is 0 Å². The topological polar surface area (TPSA) is 12.0 Å². The van der Waals surface area contributed by atoms with Gasteiger partial charge in [0.25, 0.3) is 0 Å².